The lowest BCUT2D eigenvalue weighted by Crippen LogP contribution is -2.28. The van der Waals surface area contributed by atoms with Crippen molar-refractivity contribution in [2.45, 2.75) is 32.1 Å². The van der Waals surface area contributed by atoms with Crippen molar-refractivity contribution in [2.75, 3.05) is 29.5 Å². The Kier molecular flexibility index (Phi) is 5.70. The number of benzene rings is 2. The van der Waals surface area contributed by atoms with Crippen LogP contribution >= 0.6 is 35.0 Å². The van der Waals surface area contributed by atoms with Gasteiger partial charge in [-0.3, -0.25) is 4.79 Å². The molecule has 2 heterocycles. The monoisotopic (exact) mass is 433 g/mol. The molecule has 2 fully saturated rings. The van der Waals surface area contributed by atoms with Gasteiger partial charge < -0.3 is 4.90 Å². The summed E-state index contributed by atoms with van der Waals surface area (Å²) in [5.41, 5.74) is 4.34. The van der Waals surface area contributed by atoms with Crippen LogP contribution in [0.3, 0.4) is 0 Å². The molecule has 5 heteroatoms. The molecule has 2 saturated heterocycles. The van der Waals surface area contributed by atoms with Gasteiger partial charge in [-0.1, -0.05) is 30.1 Å². The molecule has 1 unspecified atom stereocenters. The highest BCUT2D eigenvalue weighted by Crippen LogP contribution is 2.39. The first-order chi connectivity index (χ1) is 13.3. The predicted octanol–water partition coefficient (Wildman–Crippen LogP) is 6.41. The van der Waals surface area contributed by atoms with Crippen LogP contribution in [0.1, 0.15) is 41.3 Å². The molecule has 0 amide bonds. The molecule has 2 nitrogen and oxygen atoms in total. The second-order valence-corrected chi connectivity index (χ2v) is 10.4. The number of carbonyl (C=O) groups excluding carboxylic acids is 1. The number of rotatable bonds is 5. The summed E-state index contributed by atoms with van der Waals surface area (Å²) in [7, 11) is 0. The van der Waals surface area contributed by atoms with E-state index >= 15 is 0 Å². The summed E-state index contributed by atoms with van der Waals surface area (Å²) < 4.78 is 0. The van der Waals surface area contributed by atoms with Gasteiger partial charge in [-0.2, -0.15) is 11.8 Å². The fourth-order valence-corrected chi connectivity index (χ4v) is 5.58. The molecular weight excluding hydrogens is 409 g/mol. The van der Waals surface area contributed by atoms with Gasteiger partial charge in [0.15, 0.2) is 5.78 Å². The Bertz CT molecular complexity index is 891. The number of hydrogen-bond acceptors (Lipinski definition) is 3. The molecule has 2 aliphatic heterocycles. The Hall–Kier alpha value is -1.16. The first kappa shape index (κ1) is 20.1. The van der Waals surface area contributed by atoms with E-state index in [-0.39, 0.29) is 11.2 Å². The average molecular weight is 434 g/mol. The third-order valence-electron chi connectivity index (χ3n) is 6.09. The molecule has 2 aromatic rings. The number of anilines is 1. The van der Waals surface area contributed by atoms with Gasteiger partial charge in [0.1, 0.15) is 0 Å². The Morgan fingerprint density at radius 2 is 1.89 bits per heavy atom. The summed E-state index contributed by atoms with van der Waals surface area (Å²) in [4.78, 5) is 15.0. The van der Waals surface area contributed by atoms with Crippen molar-refractivity contribution in [1.29, 1.82) is 0 Å². The van der Waals surface area contributed by atoms with Crippen molar-refractivity contribution >= 4 is 46.4 Å². The van der Waals surface area contributed by atoms with E-state index < -0.39 is 0 Å². The number of halogens is 2. The van der Waals surface area contributed by atoms with Gasteiger partial charge in [0.25, 0.3) is 0 Å². The molecule has 0 spiro atoms. The number of carbonyl (C=O) groups is 1. The maximum atomic E-state index is 12.6. The van der Waals surface area contributed by atoms with Crippen LogP contribution < -0.4 is 4.90 Å². The SMILES string of the molecule is Cc1cc(N2CCC(C)(c3cc(Cl)cc(Cl)c3)C2)ccc1C(=O)CC1CSC1. The van der Waals surface area contributed by atoms with Crippen LogP contribution in [0.25, 0.3) is 0 Å². The Morgan fingerprint density at radius 3 is 2.50 bits per heavy atom. The number of thioether (sulfide) groups is 1. The van der Waals surface area contributed by atoms with Gasteiger partial charge in [-0.05, 0) is 78.3 Å². The molecule has 28 heavy (non-hydrogen) atoms. The van der Waals surface area contributed by atoms with Crippen LogP contribution in [0.5, 0.6) is 0 Å². The van der Waals surface area contributed by atoms with Crippen molar-refractivity contribution in [3.05, 3.63) is 63.1 Å². The Morgan fingerprint density at radius 1 is 1.18 bits per heavy atom. The van der Waals surface area contributed by atoms with E-state index in [9.17, 15) is 4.79 Å². The standard InChI is InChI=1S/C23H25Cl2NOS/c1-15-7-20(3-4-21(15)22(27)8-16-12-28-13-16)26-6-5-23(2,14-26)17-9-18(24)11-19(25)10-17/h3-4,7,9-11,16H,5-6,8,12-14H2,1-2H3. The smallest absolute Gasteiger partial charge is 0.163 e. The molecule has 4 rings (SSSR count). The highest BCUT2D eigenvalue weighted by atomic mass is 35.5. The van der Waals surface area contributed by atoms with Gasteiger partial charge in [-0.25, -0.2) is 0 Å². The number of aryl methyl sites for hydroxylation is 1. The van der Waals surface area contributed by atoms with Crippen LogP contribution in [0.4, 0.5) is 5.69 Å². The summed E-state index contributed by atoms with van der Waals surface area (Å²) >= 11 is 14.4. The van der Waals surface area contributed by atoms with E-state index in [0.29, 0.717) is 22.4 Å². The zero-order valence-corrected chi connectivity index (χ0v) is 18.6. The molecule has 1 atom stereocenters. The minimum absolute atomic E-state index is 0.0127. The summed E-state index contributed by atoms with van der Waals surface area (Å²) in [6.07, 6.45) is 1.73. The number of nitrogens with zero attached hydrogens (tertiary/aromatic N) is 1. The van der Waals surface area contributed by atoms with Crippen LogP contribution in [0, 0.1) is 12.8 Å². The van der Waals surface area contributed by atoms with Gasteiger partial charge in [0, 0.05) is 46.2 Å². The van der Waals surface area contributed by atoms with Gasteiger partial charge in [0.2, 0.25) is 0 Å². The lowest BCUT2D eigenvalue weighted by Gasteiger charge is -2.27. The van der Waals surface area contributed by atoms with Crippen molar-refractivity contribution in [3.63, 3.8) is 0 Å². The fourth-order valence-electron chi connectivity index (χ4n) is 4.25. The van der Waals surface area contributed by atoms with E-state index in [2.05, 4.69) is 30.9 Å². The van der Waals surface area contributed by atoms with Gasteiger partial charge in [-0.15, -0.1) is 0 Å². The van der Waals surface area contributed by atoms with Gasteiger partial charge in [0.05, 0.1) is 0 Å². The normalized spacial score (nSPS) is 22.4. The minimum Gasteiger partial charge on any atom is -0.371 e. The topological polar surface area (TPSA) is 20.3 Å². The Labute approximate surface area is 181 Å². The molecule has 0 radical (unpaired) electrons. The molecule has 0 bridgehead atoms. The Balaban J connectivity index is 1.50. The van der Waals surface area contributed by atoms with E-state index in [1.165, 1.54) is 11.3 Å². The van der Waals surface area contributed by atoms with Crippen LogP contribution in [-0.2, 0) is 5.41 Å². The van der Waals surface area contributed by atoms with Crippen molar-refractivity contribution in [2.24, 2.45) is 5.92 Å². The summed E-state index contributed by atoms with van der Waals surface area (Å²) in [6, 6.07) is 12.1. The maximum absolute atomic E-state index is 12.6. The molecule has 148 valence electrons. The number of hydrogen-bond donors (Lipinski definition) is 0. The molecule has 0 N–H and O–H groups in total. The average Bonchev–Trinajstić information content (AvgIpc) is 3.01. The van der Waals surface area contributed by atoms with Crippen molar-refractivity contribution < 1.29 is 4.79 Å². The lowest BCUT2D eigenvalue weighted by atomic mass is 9.82. The first-order valence-electron chi connectivity index (χ1n) is 9.77. The molecule has 2 aliphatic rings. The van der Waals surface area contributed by atoms with E-state index in [0.717, 1.165) is 42.1 Å². The largest absolute Gasteiger partial charge is 0.371 e. The second kappa shape index (κ2) is 7.93. The predicted molar refractivity (Wildman–Crippen MR) is 122 cm³/mol. The number of ketones is 1. The van der Waals surface area contributed by atoms with E-state index in [1.54, 1.807) is 6.07 Å². The van der Waals surface area contributed by atoms with Crippen molar-refractivity contribution in [1.82, 2.24) is 0 Å². The van der Waals surface area contributed by atoms with E-state index in [1.807, 2.05) is 30.0 Å². The maximum Gasteiger partial charge on any atom is 0.163 e. The summed E-state index contributed by atoms with van der Waals surface area (Å²) in [6.45, 7) is 6.22. The summed E-state index contributed by atoms with van der Waals surface area (Å²) in [5.74, 6) is 3.11. The fraction of sp³-hybridized carbons (Fsp3) is 0.435. The minimum atomic E-state index is 0.0127. The number of Topliss-reactive ketones (excluding diaryl/α,β-unsaturated/α-hetero) is 1. The zero-order chi connectivity index (χ0) is 19.9. The van der Waals surface area contributed by atoms with E-state index in [4.69, 9.17) is 23.2 Å². The molecule has 2 aromatic carbocycles. The zero-order valence-electron chi connectivity index (χ0n) is 16.3. The quantitative estimate of drug-likeness (QED) is 0.508. The van der Waals surface area contributed by atoms with Crippen LogP contribution in [-0.4, -0.2) is 30.4 Å². The molecular formula is C23H25Cl2NOS. The van der Waals surface area contributed by atoms with Gasteiger partial charge >= 0.3 is 0 Å². The molecule has 0 aliphatic carbocycles. The first-order valence-corrected chi connectivity index (χ1v) is 11.7. The third-order valence-corrected chi connectivity index (χ3v) is 7.94. The highest BCUT2D eigenvalue weighted by molar-refractivity contribution is 8.00. The van der Waals surface area contributed by atoms with Crippen LogP contribution in [0.15, 0.2) is 36.4 Å². The lowest BCUT2D eigenvalue weighted by molar-refractivity contribution is 0.0967. The highest BCUT2D eigenvalue weighted by Gasteiger charge is 2.36. The third kappa shape index (κ3) is 4.08. The van der Waals surface area contributed by atoms with Crippen LogP contribution in [0.2, 0.25) is 10.0 Å². The van der Waals surface area contributed by atoms with Crippen molar-refractivity contribution in [3.8, 4) is 0 Å². The molecule has 0 aromatic heterocycles. The molecule has 0 saturated carbocycles. The second-order valence-electron chi connectivity index (χ2n) is 8.42. The summed E-state index contributed by atoms with van der Waals surface area (Å²) in [5, 5.41) is 1.37.